The van der Waals surface area contributed by atoms with Crippen LogP contribution in [0.2, 0.25) is 0 Å². The SMILES string of the molecule is O=S(=O)(c1ccc(N2CCC(OC3CCCCC3)CC2)cc1)C(F)F. The van der Waals surface area contributed by atoms with E-state index in [1.165, 1.54) is 44.2 Å². The first-order valence-electron chi connectivity index (χ1n) is 8.99. The van der Waals surface area contributed by atoms with E-state index in [1.54, 1.807) is 12.1 Å². The molecule has 1 aliphatic carbocycles. The van der Waals surface area contributed by atoms with E-state index in [0.29, 0.717) is 6.10 Å². The minimum Gasteiger partial charge on any atom is -0.375 e. The Hall–Kier alpha value is -1.21. The number of alkyl halides is 2. The van der Waals surface area contributed by atoms with Crippen LogP contribution < -0.4 is 4.90 Å². The molecule has 0 aromatic heterocycles. The highest BCUT2D eigenvalue weighted by Crippen LogP contribution is 2.27. The lowest BCUT2D eigenvalue weighted by Gasteiger charge is -2.36. The van der Waals surface area contributed by atoms with Gasteiger partial charge in [-0.15, -0.1) is 0 Å². The van der Waals surface area contributed by atoms with Crippen molar-refractivity contribution in [2.24, 2.45) is 0 Å². The smallest absolute Gasteiger partial charge is 0.341 e. The molecule has 0 radical (unpaired) electrons. The number of ether oxygens (including phenoxy) is 1. The van der Waals surface area contributed by atoms with Crippen LogP contribution in [0.4, 0.5) is 14.5 Å². The van der Waals surface area contributed by atoms with E-state index in [0.717, 1.165) is 31.6 Å². The first-order valence-corrected chi connectivity index (χ1v) is 10.5. The number of benzene rings is 1. The third kappa shape index (κ3) is 4.50. The summed E-state index contributed by atoms with van der Waals surface area (Å²) in [5, 5.41) is 0. The van der Waals surface area contributed by atoms with Gasteiger partial charge in [0.25, 0.3) is 0 Å². The van der Waals surface area contributed by atoms with Gasteiger partial charge in [0.05, 0.1) is 17.1 Å². The van der Waals surface area contributed by atoms with Crippen molar-refractivity contribution >= 4 is 15.5 Å². The van der Waals surface area contributed by atoms with Crippen LogP contribution in [0.25, 0.3) is 0 Å². The highest BCUT2D eigenvalue weighted by molar-refractivity contribution is 7.91. The van der Waals surface area contributed by atoms with Gasteiger partial charge in [-0.1, -0.05) is 19.3 Å². The average molecular weight is 373 g/mol. The van der Waals surface area contributed by atoms with Gasteiger partial charge in [0.15, 0.2) is 0 Å². The lowest BCUT2D eigenvalue weighted by Crippen LogP contribution is -2.38. The number of piperidine rings is 1. The summed E-state index contributed by atoms with van der Waals surface area (Å²) in [7, 11) is -4.52. The van der Waals surface area contributed by atoms with Crippen molar-refractivity contribution in [2.75, 3.05) is 18.0 Å². The average Bonchev–Trinajstić information content (AvgIpc) is 2.63. The van der Waals surface area contributed by atoms with Gasteiger partial charge < -0.3 is 9.64 Å². The number of sulfone groups is 1. The molecule has 1 aromatic rings. The predicted molar refractivity (Wildman–Crippen MR) is 92.8 cm³/mol. The summed E-state index contributed by atoms with van der Waals surface area (Å²) < 4.78 is 54.3. The number of nitrogens with zero attached hydrogens (tertiary/aromatic N) is 1. The maximum Gasteiger partial charge on any atom is 0.341 e. The molecule has 3 rings (SSSR count). The van der Waals surface area contributed by atoms with Crippen molar-refractivity contribution < 1.29 is 21.9 Å². The van der Waals surface area contributed by atoms with Gasteiger partial charge in [-0.3, -0.25) is 0 Å². The number of anilines is 1. The van der Waals surface area contributed by atoms with Crippen LogP contribution in [0.5, 0.6) is 0 Å². The van der Waals surface area contributed by atoms with Crippen LogP contribution in [-0.4, -0.2) is 39.5 Å². The predicted octanol–water partition coefficient (Wildman–Crippen LogP) is 4.00. The van der Waals surface area contributed by atoms with Gasteiger partial charge in [0.2, 0.25) is 9.84 Å². The Balaban J connectivity index is 1.54. The normalized spacial score (nSPS) is 21.0. The molecule has 0 N–H and O–H groups in total. The Morgan fingerprint density at radius 3 is 2.04 bits per heavy atom. The number of hydrogen-bond donors (Lipinski definition) is 0. The fourth-order valence-corrected chi connectivity index (χ4v) is 4.39. The van der Waals surface area contributed by atoms with Crippen LogP contribution in [0, 0.1) is 0 Å². The minimum atomic E-state index is -4.52. The first kappa shape index (κ1) is 18.6. The topological polar surface area (TPSA) is 46.6 Å². The summed E-state index contributed by atoms with van der Waals surface area (Å²) in [5.74, 6) is -3.38. The molecule has 140 valence electrons. The largest absolute Gasteiger partial charge is 0.375 e. The maximum absolute atomic E-state index is 12.6. The summed E-state index contributed by atoms with van der Waals surface area (Å²) in [4.78, 5) is 1.82. The molecule has 1 aliphatic heterocycles. The fraction of sp³-hybridized carbons (Fsp3) is 0.667. The summed E-state index contributed by atoms with van der Waals surface area (Å²) in [5.41, 5.74) is 0.865. The summed E-state index contributed by atoms with van der Waals surface area (Å²) in [6.07, 6.45) is 8.74. The van der Waals surface area contributed by atoms with Gasteiger partial charge in [-0.2, -0.15) is 8.78 Å². The minimum absolute atomic E-state index is 0.290. The Morgan fingerprint density at radius 1 is 0.920 bits per heavy atom. The third-order valence-electron chi connectivity index (χ3n) is 5.14. The summed E-state index contributed by atoms with van der Waals surface area (Å²) in [6.45, 7) is 1.66. The third-order valence-corrected chi connectivity index (χ3v) is 6.54. The second-order valence-corrected chi connectivity index (χ2v) is 8.80. The van der Waals surface area contributed by atoms with E-state index in [1.807, 2.05) is 0 Å². The van der Waals surface area contributed by atoms with Crippen LogP contribution in [0.3, 0.4) is 0 Å². The molecule has 2 fully saturated rings. The van der Waals surface area contributed by atoms with Gasteiger partial charge in [-0.05, 0) is 49.9 Å². The zero-order chi connectivity index (χ0) is 17.9. The standard InChI is InChI=1S/C18H25F2NO3S/c19-18(20)25(22,23)17-8-6-14(7-9-17)21-12-10-16(11-13-21)24-15-4-2-1-3-5-15/h6-9,15-16,18H,1-5,10-13H2. The maximum atomic E-state index is 12.6. The van der Waals surface area contributed by atoms with E-state index in [2.05, 4.69) is 4.90 Å². The second kappa shape index (κ2) is 7.99. The molecule has 0 spiro atoms. The number of hydrogen-bond acceptors (Lipinski definition) is 4. The van der Waals surface area contributed by atoms with Crippen molar-refractivity contribution in [2.45, 2.75) is 67.8 Å². The molecule has 0 bridgehead atoms. The van der Waals surface area contributed by atoms with Crippen molar-refractivity contribution in [3.8, 4) is 0 Å². The molecule has 0 atom stereocenters. The molecule has 0 amide bonds. The molecule has 2 aliphatic rings. The summed E-state index contributed by atoms with van der Waals surface area (Å²) in [6, 6.07) is 5.75. The zero-order valence-electron chi connectivity index (χ0n) is 14.2. The molecule has 1 aromatic carbocycles. The van der Waals surface area contributed by atoms with Crippen LogP contribution in [0.1, 0.15) is 44.9 Å². The van der Waals surface area contributed by atoms with Crippen molar-refractivity contribution in [1.29, 1.82) is 0 Å². The monoisotopic (exact) mass is 373 g/mol. The van der Waals surface area contributed by atoms with Crippen LogP contribution in [-0.2, 0) is 14.6 Å². The van der Waals surface area contributed by atoms with Gasteiger partial charge >= 0.3 is 5.76 Å². The number of halogens is 2. The molecule has 1 heterocycles. The van der Waals surface area contributed by atoms with Gasteiger partial charge in [-0.25, -0.2) is 8.42 Å². The van der Waals surface area contributed by atoms with Crippen LogP contribution >= 0.6 is 0 Å². The molecule has 7 heteroatoms. The second-order valence-electron chi connectivity index (χ2n) is 6.88. The molecule has 0 unspecified atom stereocenters. The van der Waals surface area contributed by atoms with E-state index < -0.39 is 15.6 Å². The molecular formula is C18H25F2NO3S. The Morgan fingerprint density at radius 2 is 1.48 bits per heavy atom. The molecule has 1 saturated carbocycles. The fourth-order valence-electron chi connectivity index (χ4n) is 3.67. The van der Waals surface area contributed by atoms with E-state index in [9.17, 15) is 17.2 Å². The Kier molecular flexibility index (Phi) is 5.94. The van der Waals surface area contributed by atoms with Crippen molar-refractivity contribution in [3.63, 3.8) is 0 Å². The lowest BCUT2D eigenvalue weighted by atomic mass is 9.97. The molecule has 4 nitrogen and oxygen atoms in total. The van der Waals surface area contributed by atoms with Crippen molar-refractivity contribution in [3.05, 3.63) is 24.3 Å². The van der Waals surface area contributed by atoms with Gasteiger partial charge in [0, 0.05) is 18.8 Å². The molecule has 1 saturated heterocycles. The lowest BCUT2D eigenvalue weighted by molar-refractivity contribution is -0.0395. The van der Waals surface area contributed by atoms with E-state index in [-0.39, 0.29) is 11.0 Å². The van der Waals surface area contributed by atoms with E-state index >= 15 is 0 Å². The van der Waals surface area contributed by atoms with E-state index in [4.69, 9.17) is 4.74 Å². The van der Waals surface area contributed by atoms with Crippen molar-refractivity contribution in [1.82, 2.24) is 0 Å². The Labute approximate surface area is 148 Å². The summed E-state index contributed by atoms with van der Waals surface area (Å²) >= 11 is 0. The molecule has 25 heavy (non-hydrogen) atoms. The highest BCUT2D eigenvalue weighted by Gasteiger charge is 2.27. The number of rotatable bonds is 5. The van der Waals surface area contributed by atoms with Gasteiger partial charge in [0.1, 0.15) is 0 Å². The quantitative estimate of drug-likeness (QED) is 0.783. The highest BCUT2D eigenvalue weighted by atomic mass is 32.2. The zero-order valence-corrected chi connectivity index (χ0v) is 15.1. The molecular weight excluding hydrogens is 348 g/mol. The Bertz CT molecular complexity index is 649. The van der Waals surface area contributed by atoms with Crippen LogP contribution in [0.15, 0.2) is 29.2 Å². The first-order chi connectivity index (χ1) is 12.0.